The van der Waals surface area contributed by atoms with E-state index < -0.39 is 0 Å². The molecule has 2 rings (SSSR count). The van der Waals surface area contributed by atoms with Gasteiger partial charge >= 0.3 is 0 Å². The molecular formula is C14H18ClN3O2. The number of rotatable bonds is 5. The van der Waals surface area contributed by atoms with Gasteiger partial charge in [0.05, 0.1) is 13.3 Å². The van der Waals surface area contributed by atoms with Crippen molar-refractivity contribution in [2.45, 2.75) is 20.0 Å². The zero-order valence-electron chi connectivity index (χ0n) is 11.8. The van der Waals surface area contributed by atoms with Crippen molar-refractivity contribution < 1.29 is 9.84 Å². The molecule has 108 valence electrons. The molecule has 0 aliphatic carbocycles. The third-order valence-corrected chi connectivity index (χ3v) is 3.52. The molecule has 1 aromatic heterocycles. The van der Waals surface area contributed by atoms with Crippen molar-refractivity contribution in [3.63, 3.8) is 0 Å². The minimum atomic E-state index is 0.118. The number of aromatic nitrogens is 2. The first-order valence-corrected chi connectivity index (χ1v) is 6.64. The Morgan fingerprint density at radius 1 is 1.35 bits per heavy atom. The number of hydrogen-bond acceptors (Lipinski definition) is 4. The summed E-state index contributed by atoms with van der Waals surface area (Å²) in [6, 6.07) is 3.31. The second kappa shape index (κ2) is 6.15. The molecule has 0 saturated heterocycles. The van der Waals surface area contributed by atoms with E-state index in [2.05, 4.69) is 10.4 Å². The lowest BCUT2D eigenvalue weighted by atomic mass is 10.1. The van der Waals surface area contributed by atoms with Gasteiger partial charge in [0.15, 0.2) is 11.5 Å². The normalized spacial score (nSPS) is 10.8. The van der Waals surface area contributed by atoms with Crippen LogP contribution in [0.1, 0.15) is 16.8 Å². The average molecular weight is 296 g/mol. The highest BCUT2D eigenvalue weighted by molar-refractivity contribution is 6.30. The highest BCUT2D eigenvalue weighted by Crippen LogP contribution is 2.33. The van der Waals surface area contributed by atoms with Crippen molar-refractivity contribution in [3.05, 3.63) is 40.2 Å². The van der Waals surface area contributed by atoms with Crippen LogP contribution in [0.3, 0.4) is 0 Å². The second-order valence-corrected chi connectivity index (χ2v) is 5.03. The highest BCUT2D eigenvalue weighted by atomic mass is 35.5. The van der Waals surface area contributed by atoms with Gasteiger partial charge in [0, 0.05) is 48.0 Å². The molecule has 5 nitrogen and oxygen atoms in total. The quantitative estimate of drug-likeness (QED) is 0.889. The van der Waals surface area contributed by atoms with Gasteiger partial charge in [-0.1, -0.05) is 11.6 Å². The summed E-state index contributed by atoms with van der Waals surface area (Å²) in [5, 5.41) is 18.0. The summed E-state index contributed by atoms with van der Waals surface area (Å²) in [6.45, 7) is 3.19. The summed E-state index contributed by atoms with van der Waals surface area (Å²) < 4.78 is 6.91. The maximum absolute atomic E-state index is 10.0. The van der Waals surface area contributed by atoms with Gasteiger partial charge in [0.1, 0.15) is 0 Å². The summed E-state index contributed by atoms with van der Waals surface area (Å²) in [5.74, 6) is 0.499. The lowest BCUT2D eigenvalue weighted by Gasteiger charge is -2.11. The van der Waals surface area contributed by atoms with Gasteiger partial charge in [0.2, 0.25) is 0 Å². The molecule has 2 aromatic rings. The Kier molecular flexibility index (Phi) is 4.52. The number of methoxy groups -OCH3 is 1. The monoisotopic (exact) mass is 295 g/mol. The van der Waals surface area contributed by atoms with E-state index in [9.17, 15) is 5.11 Å². The number of hydrogen-bond donors (Lipinski definition) is 2. The van der Waals surface area contributed by atoms with Crippen LogP contribution in [0.15, 0.2) is 18.3 Å². The van der Waals surface area contributed by atoms with Crippen LogP contribution < -0.4 is 10.1 Å². The van der Waals surface area contributed by atoms with Crippen molar-refractivity contribution in [1.29, 1.82) is 0 Å². The maximum atomic E-state index is 10.0. The van der Waals surface area contributed by atoms with Crippen molar-refractivity contribution >= 4 is 11.6 Å². The minimum Gasteiger partial charge on any atom is -0.504 e. The fourth-order valence-electron chi connectivity index (χ4n) is 1.97. The molecule has 20 heavy (non-hydrogen) atoms. The second-order valence-electron chi connectivity index (χ2n) is 4.60. The Hall–Kier alpha value is -1.72. The van der Waals surface area contributed by atoms with Gasteiger partial charge in [-0.05, 0) is 13.0 Å². The van der Waals surface area contributed by atoms with Crippen molar-refractivity contribution in [3.8, 4) is 11.5 Å². The van der Waals surface area contributed by atoms with E-state index in [1.165, 1.54) is 7.11 Å². The number of nitrogens with one attached hydrogen (secondary N) is 1. The largest absolute Gasteiger partial charge is 0.504 e. The van der Waals surface area contributed by atoms with Crippen LogP contribution in [0.25, 0.3) is 0 Å². The van der Waals surface area contributed by atoms with Gasteiger partial charge in [-0.15, -0.1) is 0 Å². The molecule has 6 heteroatoms. The number of halogens is 1. The number of nitrogens with zero attached hydrogens (tertiary/aromatic N) is 2. The Bertz CT molecular complexity index is 611. The SMILES string of the molecule is COc1cc(Cl)cc(CNCc2cnn(C)c2C)c1O. The van der Waals surface area contributed by atoms with Crippen LogP contribution in [0.2, 0.25) is 5.02 Å². The van der Waals surface area contributed by atoms with Crippen molar-refractivity contribution in [2.24, 2.45) is 7.05 Å². The van der Waals surface area contributed by atoms with Crippen LogP contribution in [0.5, 0.6) is 11.5 Å². The first-order chi connectivity index (χ1) is 9.52. The molecule has 2 N–H and O–H groups in total. The molecule has 0 fully saturated rings. The molecular weight excluding hydrogens is 278 g/mol. The summed E-state index contributed by atoms with van der Waals surface area (Å²) >= 11 is 5.99. The minimum absolute atomic E-state index is 0.118. The third-order valence-electron chi connectivity index (χ3n) is 3.31. The molecule has 0 radical (unpaired) electrons. The first-order valence-electron chi connectivity index (χ1n) is 6.26. The van der Waals surface area contributed by atoms with Gasteiger partial charge in [0.25, 0.3) is 0 Å². The molecule has 0 aliphatic heterocycles. The van der Waals surface area contributed by atoms with E-state index >= 15 is 0 Å². The lowest BCUT2D eigenvalue weighted by molar-refractivity contribution is 0.369. The Balaban J connectivity index is 2.04. The smallest absolute Gasteiger partial charge is 0.162 e. The number of phenols is 1. The van der Waals surface area contributed by atoms with Gasteiger partial charge in [-0.25, -0.2) is 0 Å². The van der Waals surface area contributed by atoms with Gasteiger partial charge in [-0.2, -0.15) is 5.10 Å². The Morgan fingerprint density at radius 3 is 2.65 bits per heavy atom. The first kappa shape index (κ1) is 14.7. The van der Waals surface area contributed by atoms with E-state index in [0.29, 0.717) is 29.4 Å². The topological polar surface area (TPSA) is 59.3 Å². The highest BCUT2D eigenvalue weighted by Gasteiger charge is 2.10. The molecule has 0 aliphatic rings. The zero-order chi connectivity index (χ0) is 14.7. The fraction of sp³-hybridized carbons (Fsp3) is 0.357. The van der Waals surface area contributed by atoms with Crippen molar-refractivity contribution in [2.75, 3.05) is 7.11 Å². The summed E-state index contributed by atoms with van der Waals surface area (Å²) in [5.41, 5.74) is 2.95. The van der Waals surface area contributed by atoms with E-state index in [1.807, 2.05) is 24.9 Å². The number of phenolic OH excluding ortho intramolecular Hbond substituents is 1. The maximum Gasteiger partial charge on any atom is 0.162 e. The summed E-state index contributed by atoms with van der Waals surface area (Å²) in [4.78, 5) is 0. The molecule has 0 amide bonds. The predicted octanol–water partition coefficient (Wildman–Crippen LogP) is 2.39. The van der Waals surface area contributed by atoms with E-state index in [-0.39, 0.29) is 5.75 Å². The number of benzene rings is 1. The fourth-order valence-corrected chi connectivity index (χ4v) is 2.20. The third kappa shape index (κ3) is 3.05. The summed E-state index contributed by atoms with van der Waals surface area (Å²) in [6.07, 6.45) is 1.83. The van der Waals surface area contributed by atoms with Gasteiger partial charge < -0.3 is 15.2 Å². The molecule has 1 aromatic carbocycles. The molecule has 0 spiro atoms. The number of aromatic hydroxyl groups is 1. The predicted molar refractivity (Wildman–Crippen MR) is 78.2 cm³/mol. The van der Waals surface area contributed by atoms with Crippen LogP contribution in [0, 0.1) is 6.92 Å². The van der Waals surface area contributed by atoms with E-state index in [1.54, 1.807) is 12.1 Å². The average Bonchev–Trinajstić information content (AvgIpc) is 2.74. The van der Waals surface area contributed by atoms with E-state index in [0.717, 1.165) is 11.3 Å². The van der Waals surface area contributed by atoms with Crippen LogP contribution in [-0.4, -0.2) is 22.0 Å². The zero-order valence-corrected chi connectivity index (χ0v) is 12.5. The van der Waals surface area contributed by atoms with Crippen molar-refractivity contribution in [1.82, 2.24) is 15.1 Å². The number of aryl methyl sites for hydroxylation is 1. The molecule has 0 saturated carbocycles. The molecule has 0 atom stereocenters. The summed E-state index contributed by atoms with van der Waals surface area (Å²) in [7, 11) is 3.41. The van der Waals surface area contributed by atoms with E-state index in [4.69, 9.17) is 16.3 Å². The Morgan fingerprint density at radius 2 is 2.05 bits per heavy atom. The number of ether oxygens (including phenoxy) is 1. The standard InChI is InChI=1S/C14H18ClN3O2/c1-9-11(8-17-18(9)2)7-16-6-10-4-12(15)5-13(20-3)14(10)19/h4-5,8,16,19H,6-7H2,1-3H3. The molecule has 1 heterocycles. The van der Waals surface area contributed by atoms with Crippen LogP contribution in [0.4, 0.5) is 0 Å². The molecule has 0 unspecified atom stereocenters. The molecule has 0 bridgehead atoms. The van der Waals surface area contributed by atoms with Crippen LogP contribution >= 0.6 is 11.6 Å². The van der Waals surface area contributed by atoms with Crippen LogP contribution in [-0.2, 0) is 20.1 Å². The Labute approximate surface area is 123 Å². The van der Waals surface area contributed by atoms with Gasteiger partial charge in [-0.3, -0.25) is 4.68 Å². The lowest BCUT2D eigenvalue weighted by Crippen LogP contribution is -2.13.